The van der Waals surface area contributed by atoms with Crippen molar-refractivity contribution in [2.75, 3.05) is 24.7 Å². The molecule has 4 unspecified atom stereocenters. The van der Waals surface area contributed by atoms with E-state index in [1.807, 2.05) is 67.7 Å². The lowest BCUT2D eigenvalue weighted by atomic mass is 10.1. The van der Waals surface area contributed by atoms with Gasteiger partial charge in [0.05, 0.1) is 25.9 Å². The lowest BCUT2D eigenvalue weighted by molar-refractivity contribution is -0.0582. The molecule has 4 bridgehead atoms. The minimum atomic E-state index is -4.44. The molecular weight excluding hydrogens is 899 g/mol. The van der Waals surface area contributed by atoms with Crippen molar-refractivity contribution in [1.29, 1.82) is 0 Å². The van der Waals surface area contributed by atoms with E-state index >= 15 is 0 Å². The molecule has 0 radical (unpaired) electrons. The van der Waals surface area contributed by atoms with E-state index in [-0.39, 0.29) is 44.3 Å². The number of hydrogen-bond acceptors (Lipinski definition) is 18. The Morgan fingerprint density at radius 3 is 1.40 bits per heavy atom. The van der Waals surface area contributed by atoms with E-state index in [9.17, 15) is 18.7 Å². The molecule has 4 aromatic heterocycles. The van der Waals surface area contributed by atoms with Crippen LogP contribution in [0, 0.1) is 0 Å². The molecule has 0 saturated carbocycles. The molecule has 332 valence electrons. The number of nitrogen functional groups attached to an aromatic ring is 2. The zero-order chi connectivity index (χ0) is 44.1. The molecule has 28 heteroatoms. The standard InChI is InChI=1S/C32H52N10O12P2S2Si2/c1-31(2,3)59(7,8)53-19-15-11-47-56(46,58)52-22-20(54-60(9,10)32(4,5)6)16(50-28(22)42-14-36-18-24(42)38-30(34)40-26(18)44)12-48-55(45,57)51-21(19)27(49-15)41-13-35-17-23(41)37-29(33)39-25(17)43/h13-16,19-22,27-28H,11-12H2,1-10H3,(H,45,57)(H,46,58)(H3,33,37,39,43)(H3,34,38,40,44)/t15-,16-,19?,20?,21-,22-,27-,28-,55?,56?/m1/s1. The van der Waals surface area contributed by atoms with E-state index in [0.717, 1.165) is 0 Å². The Hall–Kier alpha value is -2.43. The van der Waals surface area contributed by atoms with Gasteiger partial charge in [0.15, 0.2) is 51.4 Å². The molecule has 0 spiro atoms. The highest BCUT2D eigenvalue weighted by Crippen LogP contribution is 2.61. The Balaban J connectivity index is 1.34. The van der Waals surface area contributed by atoms with Gasteiger partial charge in [0.2, 0.25) is 11.9 Å². The molecule has 7 rings (SSSR count). The van der Waals surface area contributed by atoms with Gasteiger partial charge in [-0.1, -0.05) is 66.0 Å². The maximum Gasteiger partial charge on any atom is 0.386 e. The average molecular weight is 951 g/mol. The molecule has 3 saturated heterocycles. The molecule has 3 aliphatic rings. The molecule has 60 heavy (non-hydrogen) atoms. The Kier molecular flexibility index (Phi) is 11.9. The lowest BCUT2D eigenvalue weighted by Gasteiger charge is -2.41. The van der Waals surface area contributed by atoms with Crippen molar-refractivity contribution >= 4 is 89.0 Å². The van der Waals surface area contributed by atoms with E-state index in [4.69, 9.17) is 47.9 Å². The number of hydrogen-bond donors (Lipinski definition) is 6. The first-order valence-corrected chi connectivity index (χ1v) is 30.2. The fourth-order valence-corrected chi connectivity index (χ4v) is 12.2. The van der Waals surface area contributed by atoms with Crippen molar-refractivity contribution in [3.8, 4) is 0 Å². The predicted molar refractivity (Wildman–Crippen MR) is 232 cm³/mol. The third kappa shape index (κ3) is 8.75. The van der Waals surface area contributed by atoms with Crippen LogP contribution in [-0.4, -0.2) is 106 Å². The molecule has 22 nitrogen and oxygen atoms in total. The van der Waals surface area contributed by atoms with E-state index in [1.165, 1.54) is 21.8 Å². The zero-order valence-corrected chi connectivity index (χ0v) is 40.3. The number of aromatic amines is 2. The first-order chi connectivity index (χ1) is 27.6. The van der Waals surface area contributed by atoms with Crippen molar-refractivity contribution in [2.45, 2.75) is 127 Å². The molecule has 3 aliphatic heterocycles. The van der Waals surface area contributed by atoms with Crippen molar-refractivity contribution < 1.29 is 45.6 Å². The number of ether oxygens (including phenoxy) is 2. The molecule has 3 fully saturated rings. The van der Waals surface area contributed by atoms with Gasteiger partial charge < -0.3 is 29.8 Å². The van der Waals surface area contributed by atoms with Gasteiger partial charge in [-0.3, -0.25) is 46.8 Å². The number of thiol groups is 2. The minimum absolute atomic E-state index is 0.0335. The summed E-state index contributed by atoms with van der Waals surface area (Å²) >= 11 is 8.92. The molecular formula is C32H52N10O12P2S2Si2. The van der Waals surface area contributed by atoms with Crippen LogP contribution in [0.15, 0.2) is 22.2 Å². The number of nitrogens with zero attached hydrogens (tertiary/aromatic N) is 6. The number of rotatable bonds is 6. The van der Waals surface area contributed by atoms with Crippen molar-refractivity contribution in [2.24, 2.45) is 0 Å². The van der Waals surface area contributed by atoms with Gasteiger partial charge in [-0.05, 0) is 36.3 Å². The number of H-pyrrole nitrogens is 2. The largest absolute Gasteiger partial charge is 0.408 e. The second kappa shape index (κ2) is 15.7. The summed E-state index contributed by atoms with van der Waals surface area (Å²) in [4.78, 5) is 47.5. The molecule has 10 atom stereocenters. The number of nitrogens with two attached hydrogens (primary N) is 2. The van der Waals surface area contributed by atoms with Crippen LogP contribution in [0.5, 0.6) is 0 Å². The molecule has 7 heterocycles. The molecule has 4 aromatic rings. The van der Waals surface area contributed by atoms with Crippen molar-refractivity contribution in [3.63, 3.8) is 0 Å². The van der Waals surface area contributed by atoms with Gasteiger partial charge in [0.25, 0.3) is 11.1 Å². The van der Waals surface area contributed by atoms with Crippen LogP contribution < -0.4 is 22.6 Å². The van der Waals surface area contributed by atoms with Gasteiger partial charge in [-0.2, -0.15) is 9.97 Å². The monoisotopic (exact) mass is 950 g/mol. The number of aromatic nitrogens is 8. The van der Waals surface area contributed by atoms with E-state index < -0.39 is 104 Å². The molecule has 0 amide bonds. The molecule has 0 aliphatic carbocycles. The van der Waals surface area contributed by atoms with Gasteiger partial charge in [-0.25, -0.2) is 19.1 Å². The van der Waals surface area contributed by atoms with Crippen molar-refractivity contribution in [3.05, 3.63) is 33.4 Å². The van der Waals surface area contributed by atoms with Crippen LogP contribution in [0.4, 0.5) is 11.9 Å². The van der Waals surface area contributed by atoms with E-state index in [0.29, 0.717) is 0 Å². The highest BCUT2D eigenvalue weighted by Gasteiger charge is 2.57. The van der Waals surface area contributed by atoms with Gasteiger partial charge in [0, 0.05) is 0 Å². The van der Waals surface area contributed by atoms with Crippen LogP contribution in [0.2, 0.25) is 36.3 Å². The highest BCUT2D eigenvalue weighted by atomic mass is 32.7. The van der Waals surface area contributed by atoms with Crippen LogP contribution in [0.3, 0.4) is 0 Å². The fraction of sp³-hybridized carbons (Fsp3) is 0.688. The highest BCUT2D eigenvalue weighted by molar-refractivity contribution is 8.44. The SMILES string of the molecule is CC(C)(C)[Si](C)(C)OC1[C@H]2OP(=O)(S)OC[C@H]3O[C@@H](n4cnc5c(=O)[nH]c(N)nc54)[C@H](OP(=O)(S)OC[C@H]1O[C@H]2n1cnc2c(=O)[nH]c(N)nc21)C3O[Si](C)(C)C(C)(C)C. The summed E-state index contributed by atoms with van der Waals surface area (Å²) in [5.41, 5.74) is 10.6. The third-order valence-corrected chi connectivity index (χ3v) is 24.0. The summed E-state index contributed by atoms with van der Waals surface area (Å²) in [6, 6.07) is 0. The summed E-state index contributed by atoms with van der Waals surface area (Å²) in [5, 5.41) is -0.689. The maximum absolute atomic E-state index is 14.6. The maximum atomic E-state index is 14.6. The summed E-state index contributed by atoms with van der Waals surface area (Å²) in [6.45, 7) is 10.4. The fourth-order valence-electron chi connectivity index (χ4n) is 6.64. The first kappa shape index (κ1) is 45.6. The third-order valence-electron chi connectivity index (χ3n) is 11.8. The van der Waals surface area contributed by atoms with Gasteiger partial charge in [0.1, 0.15) is 36.6 Å². The quantitative estimate of drug-likeness (QED) is 0.0852. The number of nitrogens with one attached hydrogen (secondary N) is 2. The second-order valence-corrected chi connectivity index (χ2v) is 33.3. The van der Waals surface area contributed by atoms with Crippen LogP contribution >= 0.6 is 38.1 Å². The Morgan fingerprint density at radius 1 is 0.717 bits per heavy atom. The number of anilines is 2. The smallest absolute Gasteiger partial charge is 0.386 e. The topological polar surface area (TPSA) is 287 Å². The summed E-state index contributed by atoms with van der Waals surface area (Å²) < 4.78 is 83.9. The second-order valence-electron chi connectivity index (χ2n) is 18.0. The van der Waals surface area contributed by atoms with Gasteiger partial charge >= 0.3 is 13.6 Å². The first-order valence-electron chi connectivity index (χ1n) is 19.0. The molecule has 0 aromatic carbocycles. The average Bonchev–Trinajstić information content (AvgIpc) is 3.86. The normalized spacial score (nSPS) is 32.5. The van der Waals surface area contributed by atoms with Crippen LogP contribution in [0.1, 0.15) is 54.0 Å². The summed E-state index contributed by atoms with van der Waals surface area (Å²) in [5.74, 6) is -0.378. The van der Waals surface area contributed by atoms with Gasteiger partial charge in [-0.15, -0.1) is 0 Å². The lowest BCUT2D eigenvalue weighted by Crippen LogP contribution is -2.51. The Bertz CT molecular complexity index is 2340. The Labute approximate surface area is 357 Å². The van der Waals surface area contributed by atoms with Crippen LogP contribution in [-0.2, 0) is 45.6 Å². The summed E-state index contributed by atoms with van der Waals surface area (Å²) in [6.07, 6.45) is -6.84. The van der Waals surface area contributed by atoms with E-state index in [1.54, 1.807) is 0 Å². The van der Waals surface area contributed by atoms with E-state index in [2.05, 4.69) is 54.4 Å². The number of fused-ring (bicyclic) bond motifs is 6. The van der Waals surface area contributed by atoms with Crippen LogP contribution in [0.25, 0.3) is 22.3 Å². The Morgan fingerprint density at radius 2 is 1.07 bits per heavy atom. The number of imidazole rings is 2. The predicted octanol–water partition coefficient (Wildman–Crippen LogP) is 4.89. The zero-order valence-electron chi connectivity index (χ0n) is 34.7. The summed E-state index contributed by atoms with van der Waals surface area (Å²) in [7, 11) is -5.46. The van der Waals surface area contributed by atoms with Crippen molar-refractivity contribution in [1.82, 2.24) is 39.0 Å². The molecule has 6 N–H and O–H groups in total. The minimum Gasteiger partial charge on any atom is -0.408 e.